The van der Waals surface area contributed by atoms with E-state index in [1.807, 2.05) is 0 Å². The van der Waals surface area contributed by atoms with E-state index < -0.39 is 0 Å². The zero-order valence-corrected chi connectivity index (χ0v) is 9.24. The van der Waals surface area contributed by atoms with Crippen molar-refractivity contribution in [2.24, 2.45) is 11.7 Å². The van der Waals surface area contributed by atoms with E-state index in [0.717, 1.165) is 12.3 Å². The molecule has 14 heavy (non-hydrogen) atoms. The van der Waals surface area contributed by atoms with Crippen LogP contribution in [0, 0.1) is 5.92 Å². The van der Waals surface area contributed by atoms with Crippen LogP contribution in [0.25, 0.3) is 0 Å². The molecule has 0 bridgehead atoms. The van der Waals surface area contributed by atoms with E-state index in [2.05, 4.69) is 6.92 Å². The molecule has 0 aromatic carbocycles. The fourth-order valence-electron chi connectivity index (χ4n) is 2.94. The molecule has 1 heterocycles. The van der Waals surface area contributed by atoms with Crippen molar-refractivity contribution in [2.75, 3.05) is 0 Å². The third kappa shape index (κ3) is 2.48. The van der Waals surface area contributed by atoms with E-state index in [4.69, 9.17) is 10.5 Å². The molecule has 2 heteroatoms. The SMILES string of the molecule is CC1CCC(CC(N)C2CCCC2)O1. The molecule has 3 unspecified atom stereocenters. The first-order valence-corrected chi connectivity index (χ1v) is 6.16. The highest BCUT2D eigenvalue weighted by Crippen LogP contribution is 2.31. The fourth-order valence-corrected chi connectivity index (χ4v) is 2.94. The molecule has 2 aliphatic rings. The van der Waals surface area contributed by atoms with E-state index >= 15 is 0 Å². The third-order valence-corrected chi connectivity index (χ3v) is 3.86. The van der Waals surface area contributed by atoms with Crippen LogP contribution in [0.5, 0.6) is 0 Å². The van der Waals surface area contributed by atoms with Crippen molar-refractivity contribution in [3.05, 3.63) is 0 Å². The summed E-state index contributed by atoms with van der Waals surface area (Å²) in [7, 11) is 0. The molecule has 2 N–H and O–H groups in total. The zero-order valence-electron chi connectivity index (χ0n) is 9.24. The quantitative estimate of drug-likeness (QED) is 0.754. The minimum atomic E-state index is 0.396. The molecule has 3 atom stereocenters. The van der Waals surface area contributed by atoms with E-state index in [1.165, 1.54) is 38.5 Å². The topological polar surface area (TPSA) is 35.2 Å². The summed E-state index contributed by atoms with van der Waals surface area (Å²) < 4.78 is 5.81. The highest BCUT2D eigenvalue weighted by Gasteiger charge is 2.28. The average molecular weight is 197 g/mol. The normalized spacial score (nSPS) is 36.4. The second kappa shape index (κ2) is 4.63. The predicted molar refractivity (Wildman–Crippen MR) is 58.1 cm³/mol. The standard InChI is InChI=1S/C12H23NO/c1-9-6-7-11(14-9)8-12(13)10-4-2-3-5-10/h9-12H,2-8,13H2,1H3. The Morgan fingerprint density at radius 3 is 2.50 bits per heavy atom. The molecule has 2 rings (SSSR count). The maximum Gasteiger partial charge on any atom is 0.0594 e. The Labute approximate surface area is 87.2 Å². The van der Waals surface area contributed by atoms with Crippen LogP contribution < -0.4 is 5.73 Å². The zero-order chi connectivity index (χ0) is 9.97. The molecule has 2 fully saturated rings. The Hall–Kier alpha value is -0.0800. The van der Waals surface area contributed by atoms with Crippen molar-refractivity contribution < 1.29 is 4.74 Å². The second-order valence-electron chi connectivity index (χ2n) is 5.09. The summed E-state index contributed by atoms with van der Waals surface area (Å²) in [5.74, 6) is 0.787. The molecule has 82 valence electrons. The Kier molecular flexibility index (Phi) is 3.45. The van der Waals surface area contributed by atoms with E-state index in [1.54, 1.807) is 0 Å². The van der Waals surface area contributed by atoms with Crippen molar-refractivity contribution in [1.29, 1.82) is 0 Å². The van der Waals surface area contributed by atoms with E-state index in [0.29, 0.717) is 18.2 Å². The molecular weight excluding hydrogens is 174 g/mol. The van der Waals surface area contributed by atoms with Gasteiger partial charge < -0.3 is 10.5 Å². The molecule has 0 spiro atoms. The molecular formula is C12H23NO. The molecule has 1 saturated heterocycles. The van der Waals surface area contributed by atoms with Gasteiger partial charge in [-0.2, -0.15) is 0 Å². The molecule has 1 aliphatic heterocycles. The van der Waals surface area contributed by atoms with Gasteiger partial charge in [-0.3, -0.25) is 0 Å². The van der Waals surface area contributed by atoms with Crippen LogP contribution in [-0.4, -0.2) is 18.2 Å². The average Bonchev–Trinajstić information content (AvgIpc) is 2.75. The second-order valence-corrected chi connectivity index (χ2v) is 5.09. The monoisotopic (exact) mass is 197 g/mol. The van der Waals surface area contributed by atoms with Gasteiger partial charge in [-0.15, -0.1) is 0 Å². The van der Waals surface area contributed by atoms with Crippen LogP contribution in [0.3, 0.4) is 0 Å². The van der Waals surface area contributed by atoms with Crippen LogP contribution in [0.2, 0.25) is 0 Å². The highest BCUT2D eigenvalue weighted by atomic mass is 16.5. The molecule has 1 aliphatic carbocycles. The molecule has 0 radical (unpaired) electrons. The molecule has 0 amide bonds. The minimum Gasteiger partial charge on any atom is -0.375 e. The molecule has 0 aromatic heterocycles. The Balaban J connectivity index is 1.73. The minimum absolute atomic E-state index is 0.396. The van der Waals surface area contributed by atoms with Crippen molar-refractivity contribution in [1.82, 2.24) is 0 Å². The number of ether oxygens (including phenoxy) is 1. The lowest BCUT2D eigenvalue weighted by Crippen LogP contribution is -2.32. The summed E-state index contributed by atoms with van der Waals surface area (Å²) in [6, 6.07) is 0.396. The Morgan fingerprint density at radius 1 is 1.21 bits per heavy atom. The summed E-state index contributed by atoms with van der Waals surface area (Å²) in [6.07, 6.45) is 9.95. The van der Waals surface area contributed by atoms with Gasteiger partial charge in [0.25, 0.3) is 0 Å². The fraction of sp³-hybridized carbons (Fsp3) is 1.00. The highest BCUT2D eigenvalue weighted by molar-refractivity contribution is 4.82. The van der Waals surface area contributed by atoms with Crippen molar-refractivity contribution in [3.63, 3.8) is 0 Å². The van der Waals surface area contributed by atoms with Gasteiger partial charge in [-0.1, -0.05) is 12.8 Å². The lowest BCUT2D eigenvalue weighted by molar-refractivity contribution is 0.0434. The predicted octanol–water partition coefficient (Wildman–Crippen LogP) is 2.46. The molecule has 0 aromatic rings. The smallest absolute Gasteiger partial charge is 0.0594 e. The first kappa shape index (κ1) is 10.4. The number of hydrogen-bond acceptors (Lipinski definition) is 2. The van der Waals surface area contributed by atoms with Gasteiger partial charge in [0.15, 0.2) is 0 Å². The number of hydrogen-bond donors (Lipinski definition) is 1. The van der Waals surface area contributed by atoms with Crippen LogP contribution in [0.15, 0.2) is 0 Å². The van der Waals surface area contributed by atoms with Crippen molar-refractivity contribution in [3.8, 4) is 0 Å². The van der Waals surface area contributed by atoms with Crippen LogP contribution >= 0.6 is 0 Å². The summed E-state index contributed by atoms with van der Waals surface area (Å²) in [6.45, 7) is 2.17. The van der Waals surface area contributed by atoms with Crippen LogP contribution in [-0.2, 0) is 4.74 Å². The summed E-state index contributed by atoms with van der Waals surface area (Å²) >= 11 is 0. The van der Waals surface area contributed by atoms with Gasteiger partial charge in [0.2, 0.25) is 0 Å². The van der Waals surface area contributed by atoms with Gasteiger partial charge in [0.05, 0.1) is 12.2 Å². The number of nitrogens with two attached hydrogens (primary N) is 1. The summed E-state index contributed by atoms with van der Waals surface area (Å²) in [5.41, 5.74) is 6.22. The maximum absolute atomic E-state index is 6.22. The first-order valence-electron chi connectivity index (χ1n) is 6.16. The largest absolute Gasteiger partial charge is 0.375 e. The molecule has 1 saturated carbocycles. The lowest BCUT2D eigenvalue weighted by Gasteiger charge is -2.22. The van der Waals surface area contributed by atoms with E-state index in [9.17, 15) is 0 Å². The summed E-state index contributed by atoms with van der Waals surface area (Å²) in [5, 5.41) is 0. The van der Waals surface area contributed by atoms with Crippen LogP contribution in [0.1, 0.15) is 51.9 Å². The number of rotatable bonds is 3. The van der Waals surface area contributed by atoms with Crippen LogP contribution in [0.4, 0.5) is 0 Å². The van der Waals surface area contributed by atoms with Gasteiger partial charge >= 0.3 is 0 Å². The van der Waals surface area contributed by atoms with Gasteiger partial charge in [0, 0.05) is 6.04 Å². The van der Waals surface area contributed by atoms with Crippen molar-refractivity contribution >= 4 is 0 Å². The first-order chi connectivity index (χ1) is 6.75. The Morgan fingerprint density at radius 2 is 1.93 bits per heavy atom. The summed E-state index contributed by atoms with van der Waals surface area (Å²) in [4.78, 5) is 0. The third-order valence-electron chi connectivity index (χ3n) is 3.86. The van der Waals surface area contributed by atoms with Gasteiger partial charge in [-0.25, -0.2) is 0 Å². The van der Waals surface area contributed by atoms with Crippen molar-refractivity contribution in [2.45, 2.75) is 70.1 Å². The Bertz CT molecular complexity index is 177. The molecule has 2 nitrogen and oxygen atoms in total. The van der Waals surface area contributed by atoms with Gasteiger partial charge in [-0.05, 0) is 44.9 Å². The van der Waals surface area contributed by atoms with Gasteiger partial charge in [0.1, 0.15) is 0 Å². The lowest BCUT2D eigenvalue weighted by atomic mass is 9.93. The van der Waals surface area contributed by atoms with E-state index in [-0.39, 0.29) is 0 Å². The maximum atomic E-state index is 6.22.